The van der Waals surface area contributed by atoms with Crippen molar-refractivity contribution in [3.05, 3.63) is 63.6 Å². The summed E-state index contributed by atoms with van der Waals surface area (Å²) in [6.45, 7) is 0. The molecule has 21 heavy (non-hydrogen) atoms. The normalized spacial score (nSPS) is 15.8. The number of ether oxygens (including phenoxy) is 1. The summed E-state index contributed by atoms with van der Waals surface area (Å²) in [6.07, 6.45) is 2.59. The van der Waals surface area contributed by atoms with Gasteiger partial charge in [-0.3, -0.25) is 0 Å². The number of hydrogen-bond acceptors (Lipinski definition) is 2. The minimum Gasteiger partial charge on any atom is -0.497 e. The molecule has 0 spiro atoms. The van der Waals surface area contributed by atoms with E-state index in [0.29, 0.717) is 12.3 Å². The van der Waals surface area contributed by atoms with Crippen LogP contribution in [0.1, 0.15) is 41.6 Å². The molecule has 1 saturated carbocycles. The average molecular weight is 347 g/mol. The maximum absolute atomic E-state index is 10.7. The number of hydrogen-bond donors (Lipinski definition) is 1. The van der Waals surface area contributed by atoms with Crippen molar-refractivity contribution in [2.75, 3.05) is 7.11 Å². The second-order valence-corrected chi connectivity index (χ2v) is 6.43. The van der Waals surface area contributed by atoms with Crippen LogP contribution in [0.25, 0.3) is 0 Å². The third-order valence-corrected chi connectivity index (χ3v) is 4.81. The van der Waals surface area contributed by atoms with Gasteiger partial charge in [-0.2, -0.15) is 0 Å². The third-order valence-electron chi connectivity index (χ3n) is 4.04. The molecular formula is C18H19BrO2. The van der Waals surface area contributed by atoms with Crippen LogP contribution in [0.4, 0.5) is 0 Å². The molecule has 1 N–H and O–H groups in total. The highest BCUT2D eigenvalue weighted by molar-refractivity contribution is 9.10. The van der Waals surface area contributed by atoms with Crippen molar-refractivity contribution in [3.8, 4) is 5.75 Å². The zero-order chi connectivity index (χ0) is 14.8. The molecule has 0 bridgehead atoms. The molecule has 2 aromatic carbocycles. The van der Waals surface area contributed by atoms with Gasteiger partial charge in [-0.05, 0) is 53.6 Å². The van der Waals surface area contributed by atoms with Crippen molar-refractivity contribution in [2.24, 2.45) is 0 Å². The van der Waals surface area contributed by atoms with Crippen LogP contribution in [0.5, 0.6) is 5.75 Å². The van der Waals surface area contributed by atoms with E-state index < -0.39 is 6.10 Å². The first-order valence-corrected chi connectivity index (χ1v) is 8.07. The quantitative estimate of drug-likeness (QED) is 0.856. The first-order valence-electron chi connectivity index (χ1n) is 7.28. The summed E-state index contributed by atoms with van der Waals surface area (Å²) in [7, 11) is 1.66. The molecule has 0 saturated heterocycles. The van der Waals surface area contributed by atoms with E-state index in [1.807, 2.05) is 30.3 Å². The fraction of sp³-hybridized carbons (Fsp3) is 0.333. The number of aliphatic hydroxyl groups excluding tert-OH is 1. The lowest BCUT2D eigenvalue weighted by atomic mass is 9.95. The molecule has 1 unspecified atom stereocenters. The van der Waals surface area contributed by atoms with Gasteiger partial charge in [0.15, 0.2) is 0 Å². The number of rotatable bonds is 5. The van der Waals surface area contributed by atoms with Crippen molar-refractivity contribution < 1.29 is 9.84 Å². The van der Waals surface area contributed by atoms with E-state index >= 15 is 0 Å². The standard InChI is InChI=1S/C18H19BrO2/c1-21-14-8-9-17(19)13(10-14)11-18(20)16-5-3-2-4-15(16)12-6-7-12/h2-5,8-10,12,18,20H,6-7,11H2,1H3. The zero-order valence-corrected chi connectivity index (χ0v) is 13.6. The van der Waals surface area contributed by atoms with Gasteiger partial charge in [0.25, 0.3) is 0 Å². The summed E-state index contributed by atoms with van der Waals surface area (Å²) < 4.78 is 6.27. The molecule has 0 aliphatic heterocycles. The van der Waals surface area contributed by atoms with Crippen molar-refractivity contribution in [3.63, 3.8) is 0 Å². The summed E-state index contributed by atoms with van der Waals surface area (Å²) in [4.78, 5) is 0. The summed E-state index contributed by atoms with van der Waals surface area (Å²) in [5.74, 6) is 1.46. The van der Waals surface area contributed by atoms with Gasteiger partial charge >= 0.3 is 0 Å². The molecule has 1 aliphatic rings. The summed E-state index contributed by atoms with van der Waals surface area (Å²) in [5.41, 5.74) is 3.44. The molecular weight excluding hydrogens is 328 g/mol. The van der Waals surface area contributed by atoms with E-state index in [4.69, 9.17) is 4.74 Å². The van der Waals surface area contributed by atoms with E-state index in [9.17, 15) is 5.11 Å². The Hall–Kier alpha value is -1.32. The molecule has 110 valence electrons. The van der Waals surface area contributed by atoms with E-state index in [1.54, 1.807) is 7.11 Å². The van der Waals surface area contributed by atoms with Gasteiger partial charge < -0.3 is 9.84 Å². The molecule has 1 atom stereocenters. The largest absolute Gasteiger partial charge is 0.497 e. The topological polar surface area (TPSA) is 29.5 Å². The predicted molar refractivity (Wildman–Crippen MR) is 87.8 cm³/mol. The molecule has 1 fully saturated rings. The molecule has 0 heterocycles. The van der Waals surface area contributed by atoms with Gasteiger partial charge in [-0.1, -0.05) is 40.2 Å². The van der Waals surface area contributed by atoms with E-state index in [1.165, 1.54) is 18.4 Å². The van der Waals surface area contributed by atoms with Crippen molar-refractivity contribution in [1.82, 2.24) is 0 Å². The lowest BCUT2D eigenvalue weighted by Gasteiger charge is -2.17. The van der Waals surface area contributed by atoms with Crippen molar-refractivity contribution >= 4 is 15.9 Å². The summed E-state index contributed by atoms with van der Waals surface area (Å²) >= 11 is 3.55. The lowest BCUT2D eigenvalue weighted by molar-refractivity contribution is 0.177. The molecule has 2 aromatic rings. The molecule has 0 radical (unpaired) electrons. The first kappa shape index (κ1) is 14.6. The van der Waals surface area contributed by atoms with Crippen molar-refractivity contribution in [2.45, 2.75) is 31.3 Å². The molecule has 0 aromatic heterocycles. The molecule has 0 amide bonds. The van der Waals surface area contributed by atoms with Gasteiger partial charge in [0.1, 0.15) is 5.75 Å². The fourth-order valence-corrected chi connectivity index (χ4v) is 3.14. The van der Waals surface area contributed by atoms with Crippen LogP contribution < -0.4 is 4.74 Å². The van der Waals surface area contributed by atoms with Crippen LogP contribution >= 0.6 is 15.9 Å². The maximum Gasteiger partial charge on any atom is 0.119 e. The Labute approximate surface area is 133 Å². The van der Waals surface area contributed by atoms with Crippen LogP contribution in [0.2, 0.25) is 0 Å². The van der Waals surface area contributed by atoms with Crippen LogP contribution in [-0.2, 0) is 6.42 Å². The van der Waals surface area contributed by atoms with Crippen LogP contribution in [0.3, 0.4) is 0 Å². The molecule has 3 rings (SSSR count). The van der Waals surface area contributed by atoms with E-state index in [2.05, 4.69) is 28.1 Å². The Bertz CT molecular complexity index is 635. The highest BCUT2D eigenvalue weighted by Crippen LogP contribution is 2.43. The van der Waals surface area contributed by atoms with Crippen LogP contribution in [-0.4, -0.2) is 12.2 Å². The Kier molecular flexibility index (Phi) is 4.32. The average Bonchev–Trinajstić information content (AvgIpc) is 3.34. The van der Waals surface area contributed by atoms with Gasteiger partial charge in [-0.25, -0.2) is 0 Å². The number of aliphatic hydroxyl groups is 1. The number of halogens is 1. The Morgan fingerprint density at radius 3 is 2.71 bits per heavy atom. The predicted octanol–water partition coefficient (Wildman–Crippen LogP) is 4.61. The minimum absolute atomic E-state index is 0.481. The number of methoxy groups -OCH3 is 1. The highest BCUT2D eigenvalue weighted by atomic mass is 79.9. The fourth-order valence-electron chi connectivity index (χ4n) is 2.73. The Morgan fingerprint density at radius 2 is 2.00 bits per heavy atom. The lowest BCUT2D eigenvalue weighted by Crippen LogP contribution is -2.05. The Balaban J connectivity index is 1.85. The van der Waals surface area contributed by atoms with Gasteiger partial charge in [0.2, 0.25) is 0 Å². The minimum atomic E-state index is -0.481. The van der Waals surface area contributed by atoms with Gasteiger partial charge in [0, 0.05) is 10.9 Å². The SMILES string of the molecule is COc1ccc(Br)c(CC(O)c2ccccc2C2CC2)c1. The van der Waals surface area contributed by atoms with E-state index in [-0.39, 0.29) is 0 Å². The second-order valence-electron chi connectivity index (χ2n) is 5.58. The smallest absolute Gasteiger partial charge is 0.119 e. The monoisotopic (exact) mass is 346 g/mol. The van der Waals surface area contributed by atoms with Crippen molar-refractivity contribution in [1.29, 1.82) is 0 Å². The maximum atomic E-state index is 10.7. The molecule has 2 nitrogen and oxygen atoms in total. The third kappa shape index (κ3) is 3.30. The van der Waals surface area contributed by atoms with Gasteiger partial charge in [-0.15, -0.1) is 0 Å². The molecule has 1 aliphatic carbocycles. The molecule has 3 heteroatoms. The Morgan fingerprint density at radius 1 is 1.24 bits per heavy atom. The number of benzene rings is 2. The van der Waals surface area contributed by atoms with Crippen LogP contribution in [0.15, 0.2) is 46.9 Å². The zero-order valence-electron chi connectivity index (χ0n) is 12.1. The van der Waals surface area contributed by atoms with Gasteiger partial charge in [0.05, 0.1) is 13.2 Å². The summed E-state index contributed by atoms with van der Waals surface area (Å²) in [5, 5.41) is 10.7. The second kappa shape index (κ2) is 6.20. The first-order chi connectivity index (χ1) is 10.2. The summed E-state index contributed by atoms with van der Waals surface area (Å²) in [6, 6.07) is 14.1. The van der Waals surface area contributed by atoms with Crippen LogP contribution in [0, 0.1) is 0 Å². The highest BCUT2D eigenvalue weighted by Gasteiger charge is 2.27. The van der Waals surface area contributed by atoms with E-state index in [0.717, 1.165) is 21.3 Å².